The summed E-state index contributed by atoms with van der Waals surface area (Å²) in [7, 11) is 0. The Balaban J connectivity index is 1.23. The summed E-state index contributed by atoms with van der Waals surface area (Å²) >= 11 is 0. The van der Waals surface area contributed by atoms with Gasteiger partial charge in [-0.1, -0.05) is 36.4 Å². The van der Waals surface area contributed by atoms with Crippen molar-refractivity contribution in [1.29, 1.82) is 0 Å². The number of anilines is 2. The number of carbonyl (C=O) groups is 3. The van der Waals surface area contributed by atoms with Crippen LogP contribution in [0.2, 0.25) is 0 Å². The zero-order valence-corrected chi connectivity index (χ0v) is 19.5. The maximum absolute atomic E-state index is 12.5. The van der Waals surface area contributed by atoms with Crippen LogP contribution < -0.4 is 21.3 Å². The molecule has 3 aromatic carbocycles. The molecule has 0 fully saturated rings. The topological polar surface area (TPSA) is 112 Å². The largest absolute Gasteiger partial charge is 0.467 e. The molecule has 0 saturated carbocycles. The van der Waals surface area contributed by atoms with Gasteiger partial charge < -0.3 is 25.7 Å². The highest BCUT2D eigenvalue weighted by Gasteiger charge is 2.09. The molecule has 182 valence electrons. The summed E-state index contributed by atoms with van der Waals surface area (Å²) in [5.41, 5.74) is 3.20. The van der Waals surface area contributed by atoms with Crippen molar-refractivity contribution in [3.63, 3.8) is 0 Å². The number of benzene rings is 3. The summed E-state index contributed by atoms with van der Waals surface area (Å²) in [5, 5.41) is 11.5. The summed E-state index contributed by atoms with van der Waals surface area (Å²) in [4.78, 5) is 37.1. The van der Waals surface area contributed by atoms with Crippen molar-refractivity contribution < 1.29 is 18.8 Å². The van der Waals surface area contributed by atoms with E-state index in [2.05, 4.69) is 21.3 Å². The molecule has 3 amide bonds. The predicted molar refractivity (Wildman–Crippen MR) is 137 cm³/mol. The Kier molecular flexibility index (Phi) is 8.11. The van der Waals surface area contributed by atoms with Gasteiger partial charge in [-0.2, -0.15) is 0 Å². The first-order chi connectivity index (χ1) is 17.6. The highest BCUT2D eigenvalue weighted by molar-refractivity contribution is 5.97. The number of rotatable bonds is 10. The molecule has 1 aromatic heterocycles. The van der Waals surface area contributed by atoms with Crippen molar-refractivity contribution in [1.82, 2.24) is 10.6 Å². The van der Waals surface area contributed by atoms with Crippen LogP contribution in [0.3, 0.4) is 0 Å². The Hall–Kier alpha value is -4.85. The van der Waals surface area contributed by atoms with Gasteiger partial charge in [0, 0.05) is 29.0 Å². The fraction of sp³-hybridized carbons (Fsp3) is 0.107. The van der Waals surface area contributed by atoms with E-state index >= 15 is 0 Å². The van der Waals surface area contributed by atoms with Crippen molar-refractivity contribution >= 4 is 29.1 Å². The molecule has 0 saturated heterocycles. The van der Waals surface area contributed by atoms with Gasteiger partial charge in [-0.3, -0.25) is 14.4 Å². The molecule has 0 bridgehead atoms. The molecule has 0 aliphatic carbocycles. The van der Waals surface area contributed by atoms with Gasteiger partial charge in [0.1, 0.15) is 5.76 Å². The third-order valence-corrected chi connectivity index (χ3v) is 5.31. The van der Waals surface area contributed by atoms with E-state index in [1.54, 1.807) is 66.9 Å². The van der Waals surface area contributed by atoms with Crippen LogP contribution in [0.1, 0.15) is 32.0 Å². The lowest BCUT2D eigenvalue weighted by atomic mass is 10.1. The number of amides is 3. The van der Waals surface area contributed by atoms with Gasteiger partial charge in [0.25, 0.3) is 11.8 Å². The van der Waals surface area contributed by atoms with Gasteiger partial charge in [0.2, 0.25) is 5.91 Å². The second-order valence-corrected chi connectivity index (χ2v) is 7.99. The maximum atomic E-state index is 12.5. The average molecular weight is 483 g/mol. The smallest absolute Gasteiger partial charge is 0.251 e. The van der Waals surface area contributed by atoms with E-state index in [9.17, 15) is 14.4 Å². The number of furan rings is 1. The first-order valence-corrected chi connectivity index (χ1v) is 11.4. The average Bonchev–Trinajstić information content (AvgIpc) is 3.44. The Morgan fingerprint density at radius 1 is 0.667 bits per heavy atom. The van der Waals surface area contributed by atoms with Gasteiger partial charge in [0.15, 0.2) is 0 Å². The van der Waals surface area contributed by atoms with E-state index in [1.807, 2.05) is 30.3 Å². The summed E-state index contributed by atoms with van der Waals surface area (Å²) in [6, 6.07) is 26.8. The number of hydrogen-bond acceptors (Lipinski definition) is 5. The molecule has 4 rings (SSSR count). The summed E-state index contributed by atoms with van der Waals surface area (Å²) in [6.45, 7) is 0.747. The zero-order valence-electron chi connectivity index (χ0n) is 19.5. The molecule has 36 heavy (non-hydrogen) atoms. The van der Waals surface area contributed by atoms with E-state index in [4.69, 9.17) is 4.42 Å². The van der Waals surface area contributed by atoms with Gasteiger partial charge in [-0.05, 0) is 60.2 Å². The molecular weight excluding hydrogens is 456 g/mol. The van der Waals surface area contributed by atoms with Crippen LogP contribution in [-0.4, -0.2) is 24.3 Å². The second-order valence-electron chi connectivity index (χ2n) is 7.99. The predicted octanol–water partition coefficient (Wildman–Crippen LogP) is 4.19. The zero-order chi connectivity index (χ0) is 25.2. The van der Waals surface area contributed by atoms with E-state index in [-0.39, 0.29) is 24.3 Å². The van der Waals surface area contributed by atoms with Crippen molar-refractivity contribution in [3.05, 3.63) is 120 Å². The van der Waals surface area contributed by atoms with E-state index in [1.165, 1.54) is 0 Å². The van der Waals surface area contributed by atoms with E-state index in [0.29, 0.717) is 41.4 Å². The molecule has 8 heteroatoms. The fourth-order valence-corrected chi connectivity index (χ4v) is 3.43. The number of hydrogen-bond donors (Lipinski definition) is 4. The lowest BCUT2D eigenvalue weighted by Crippen LogP contribution is -2.24. The van der Waals surface area contributed by atoms with Crippen molar-refractivity contribution in [2.45, 2.75) is 13.1 Å². The molecule has 0 spiro atoms. The van der Waals surface area contributed by atoms with Crippen LogP contribution in [0.15, 0.2) is 102 Å². The molecule has 1 heterocycles. The minimum Gasteiger partial charge on any atom is -0.467 e. The summed E-state index contributed by atoms with van der Waals surface area (Å²) < 4.78 is 5.20. The molecule has 0 aliphatic rings. The summed E-state index contributed by atoms with van der Waals surface area (Å²) in [5.74, 6) is -0.0269. The lowest BCUT2D eigenvalue weighted by molar-refractivity contribution is -0.114. The van der Waals surface area contributed by atoms with Gasteiger partial charge in [0.05, 0.1) is 19.4 Å². The summed E-state index contributed by atoms with van der Waals surface area (Å²) in [6.07, 6.45) is 1.55. The quantitative estimate of drug-likeness (QED) is 0.271. The Bertz CT molecular complexity index is 1300. The van der Waals surface area contributed by atoms with Gasteiger partial charge in [-0.15, -0.1) is 0 Å². The Labute approximate surface area is 208 Å². The monoisotopic (exact) mass is 482 g/mol. The second kappa shape index (κ2) is 12.0. The minimum absolute atomic E-state index is 0.0144. The highest BCUT2D eigenvalue weighted by atomic mass is 16.3. The maximum Gasteiger partial charge on any atom is 0.251 e. The third-order valence-electron chi connectivity index (χ3n) is 5.31. The van der Waals surface area contributed by atoms with Crippen molar-refractivity contribution in [2.75, 3.05) is 17.2 Å². The van der Waals surface area contributed by atoms with Gasteiger partial charge >= 0.3 is 0 Å². The van der Waals surface area contributed by atoms with Gasteiger partial charge in [-0.25, -0.2) is 0 Å². The molecule has 0 atom stereocenters. The molecule has 0 aliphatic heterocycles. The first-order valence-electron chi connectivity index (χ1n) is 11.4. The molecule has 0 unspecified atom stereocenters. The molecule has 4 N–H and O–H groups in total. The van der Waals surface area contributed by atoms with Crippen LogP contribution in [0.4, 0.5) is 11.4 Å². The van der Waals surface area contributed by atoms with Crippen LogP contribution in [0.5, 0.6) is 0 Å². The van der Waals surface area contributed by atoms with Crippen molar-refractivity contribution in [3.8, 4) is 0 Å². The van der Waals surface area contributed by atoms with Crippen LogP contribution in [-0.2, 0) is 17.9 Å². The minimum atomic E-state index is -0.260. The standard InChI is InChI=1S/C28H26N4O4/c33-26(32-23-13-11-21(12-14-23)27(34)31-18-25-10-5-15-36-25)19-29-24-9-4-8-22(16-24)28(35)30-17-20-6-2-1-3-7-20/h1-16,29H,17-19H2,(H,30,35)(H,31,34)(H,32,33). The molecule has 8 nitrogen and oxygen atoms in total. The normalized spacial score (nSPS) is 10.3. The van der Waals surface area contributed by atoms with Crippen LogP contribution in [0.25, 0.3) is 0 Å². The van der Waals surface area contributed by atoms with E-state index < -0.39 is 0 Å². The molecular formula is C28H26N4O4. The lowest BCUT2D eigenvalue weighted by Gasteiger charge is -2.10. The molecule has 0 radical (unpaired) electrons. The highest BCUT2D eigenvalue weighted by Crippen LogP contribution is 2.13. The van der Waals surface area contributed by atoms with E-state index in [0.717, 1.165) is 5.56 Å². The number of carbonyl (C=O) groups excluding carboxylic acids is 3. The first kappa shape index (κ1) is 24.3. The fourth-order valence-electron chi connectivity index (χ4n) is 3.43. The number of nitrogens with one attached hydrogen (secondary N) is 4. The van der Waals surface area contributed by atoms with Crippen molar-refractivity contribution in [2.24, 2.45) is 0 Å². The Morgan fingerprint density at radius 2 is 1.42 bits per heavy atom. The third kappa shape index (κ3) is 7.07. The Morgan fingerprint density at radius 3 is 2.17 bits per heavy atom. The van der Waals surface area contributed by atoms with Crippen LogP contribution >= 0.6 is 0 Å². The SMILES string of the molecule is O=C(CNc1cccc(C(=O)NCc2ccccc2)c1)Nc1ccc(C(=O)NCc2ccco2)cc1. The molecule has 4 aromatic rings. The van der Waals surface area contributed by atoms with Crippen LogP contribution in [0, 0.1) is 0 Å².